The standard InChI is InChI=1S/C6H4BrF2NO/c7-3-1-6(10-11)5(9)2-4(3)8/h1-2,10-11H. The van der Waals surface area contributed by atoms with E-state index < -0.39 is 11.6 Å². The van der Waals surface area contributed by atoms with Gasteiger partial charge in [-0.3, -0.25) is 10.7 Å². The number of benzene rings is 1. The molecule has 0 bridgehead atoms. The molecule has 11 heavy (non-hydrogen) atoms. The van der Waals surface area contributed by atoms with Crippen LogP contribution in [-0.2, 0) is 0 Å². The first-order valence-electron chi connectivity index (χ1n) is 2.70. The molecule has 0 radical (unpaired) electrons. The van der Waals surface area contributed by atoms with Crippen molar-refractivity contribution in [2.75, 3.05) is 5.48 Å². The summed E-state index contributed by atoms with van der Waals surface area (Å²) in [6.07, 6.45) is 0. The molecule has 0 aromatic heterocycles. The van der Waals surface area contributed by atoms with E-state index >= 15 is 0 Å². The van der Waals surface area contributed by atoms with Gasteiger partial charge in [-0.2, -0.15) is 0 Å². The van der Waals surface area contributed by atoms with E-state index in [0.29, 0.717) is 6.07 Å². The Morgan fingerprint density at radius 1 is 1.27 bits per heavy atom. The molecular weight excluding hydrogens is 220 g/mol. The van der Waals surface area contributed by atoms with Gasteiger partial charge in [0.15, 0.2) is 5.82 Å². The highest BCUT2D eigenvalue weighted by Crippen LogP contribution is 2.22. The summed E-state index contributed by atoms with van der Waals surface area (Å²) in [5.74, 6) is -1.55. The smallest absolute Gasteiger partial charge is 0.151 e. The molecule has 0 spiro atoms. The zero-order valence-electron chi connectivity index (χ0n) is 5.24. The quantitative estimate of drug-likeness (QED) is 0.567. The van der Waals surface area contributed by atoms with Crippen molar-refractivity contribution in [3.05, 3.63) is 28.2 Å². The zero-order chi connectivity index (χ0) is 8.43. The van der Waals surface area contributed by atoms with Crippen molar-refractivity contribution in [1.82, 2.24) is 0 Å². The number of nitrogens with one attached hydrogen (secondary N) is 1. The molecule has 0 saturated heterocycles. The van der Waals surface area contributed by atoms with Gasteiger partial charge >= 0.3 is 0 Å². The third-order valence-corrected chi connectivity index (χ3v) is 1.74. The van der Waals surface area contributed by atoms with E-state index in [0.717, 1.165) is 6.07 Å². The first-order valence-corrected chi connectivity index (χ1v) is 3.49. The first kappa shape index (κ1) is 8.42. The maximum absolute atomic E-state index is 12.5. The summed E-state index contributed by atoms with van der Waals surface area (Å²) >= 11 is 2.83. The maximum Gasteiger partial charge on any atom is 0.151 e. The van der Waals surface area contributed by atoms with Crippen LogP contribution < -0.4 is 5.48 Å². The predicted molar refractivity (Wildman–Crippen MR) is 39.5 cm³/mol. The summed E-state index contributed by atoms with van der Waals surface area (Å²) in [6.45, 7) is 0. The Hall–Kier alpha value is -0.680. The Kier molecular flexibility index (Phi) is 2.41. The lowest BCUT2D eigenvalue weighted by molar-refractivity contribution is 0.383. The molecule has 0 heterocycles. The van der Waals surface area contributed by atoms with Gasteiger partial charge in [-0.15, -0.1) is 0 Å². The average Bonchev–Trinajstić information content (AvgIpc) is 1.97. The van der Waals surface area contributed by atoms with Gasteiger partial charge in [0.2, 0.25) is 0 Å². The topological polar surface area (TPSA) is 32.3 Å². The number of hydrogen-bond donors (Lipinski definition) is 2. The van der Waals surface area contributed by atoms with Crippen molar-refractivity contribution >= 4 is 21.6 Å². The Morgan fingerprint density at radius 2 is 1.91 bits per heavy atom. The van der Waals surface area contributed by atoms with Gasteiger partial charge in [-0.05, 0) is 22.0 Å². The molecule has 1 aromatic carbocycles. The van der Waals surface area contributed by atoms with Gasteiger partial charge in [-0.1, -0.05) is 0 Å². The summed E-state index contributed by atoms with van der Waals surface area (Å²) in [7, 11) is 0. The second-order valence-corrected chi connectivity index (χ2v) is 2.71. The van der Waals surface area contributed by atoms with Crippen molar-refractivity contribution in [2.24, 2.45) is 0 Å². The van der Waals surface area contributed by atoms with E-state index in [1.54, 1.807) is 5.48 Å². The molecule has 0 atom stereocenters. The van der Waals surface area contributed by atoms with Crippen LogP contribution >= 0.6 is 15.9 Å². The molecule has 2 nitrogen and oxygen atoms in total. The molecule has 2 N–H and O–H groups in total. The molecule has 0 unspecified atom stereocenters. The number of rotatable bonds is 1. The van der Waals surface area contributed by atoms with Crippen molar-refractivity contribution in [3.63, 3.8) is 0 Å². The van der Waals surface area contributed by atoms with Crippen LogP contribution in [0.2, 0.25) is 0 Å². The van der Waals surface area contributed by atoms with Gasteiger partial charge in [0.25, 0.3) is 0 Å². The second-order valence-electron chi connectivity index (χ2n) is 1.86. The van der Waals surface area contributed by atoms with Gasteiger partial charge in [-0.25, -0.2) is 8.78 Å². The van der Waals surface area contributed by atoms with E-state index in [1.807, 2.05) is 0 Å². The Bertz CT molecular complexity index is 280. The summed E-state index contributed by atoms with van der Waals surface area (Å²) in [5, 5.41) is 8.30. The lowest BCUT2D eigenvalue weighted by atomic mass is 10.3. The van der Waals surface area contributed by atoms with Crippen LogP contribution in [-0.4, -0.2) is 5.21 Å². The highest BCUT2D eigenvalue weighted by atomic mass is 79.9. The van der Waals surface area contributed by atoms with Crippen LogP contribution in [0.1, 0.15) is 0 Å². The SMILES string of the molecule is ONc1cc(Br)c(F)cc1F. The van der Waals surface area contributed by atoms with Crippen LogP contribution in [0.15, 0.2) is 16.6 Å². The van der Waals surface area contributed by atoms with Crippen LogP contribution in [0, 0.1) is 11.6 Å². The molecule has 5 heteroatoms. The van der Waals surface area contributed by atoms with Gasteiger partial charge in [0.05, 0.1) is 10.2 Å². The maximum atomic E-state index is 12.5. The normalized spacial score (nSPS) is 9.82. The molecular formula is C6H4BrF2NO. The molecule has 0 fully saturated rings. The highest BCUT2D eigenvalue weighted by Gasteiger charge is 2.06. The van der Waals surface area contributed by atoms with Crippen molar-refractivity contribution in [2.45, 2.75) is 0 Å². The molecule has 0 amide bonds. The number of anilines is 1. The molecule has 0 aliphatic rings. The lowest BCUT2D eigenvalue weighted by Crippen LogP contribution is -1.94. The van der Waals surface area contributed by atoms with Gasteiger partial charge in [0, 0.05) is 6.07 Å². The molecule has 0 saturated carbocycles. The van der Waals surface area contributed by atoms with Crippen LogP contribution in [0.3, 0.4) is 0 Å². The molecule has 1 aromatic rings. The monoisotopic (exact) mass is 223 g/mol. The fraction of sp³-hybridized carbons (Fsp3) is 0. The van der Waals surface area contributed by atoms with Crippen molar-refractivity contribution in [3.8, 4) is 0 Å². The molecule has 60 valence electrons. The highest BCUT2D eigenvalue weighted by molar-refractivity contribution is 9.10. The summed E-state index contributed by atoms with van der Waals surface area (Å²) < 4.78 is 25.1. The van der Waals surface area contributed by atoms with Crippen molar-refractivity contribution in [1.29, 1.82) is 0 Å². The Balaban J connectivity index is 3.21. The minimum absolute atomic E-state index is 0.0930. The van der Waals surface area contributed by atoms with Crippen LogP contribution in [0.25, 0.3) is 0 Å². The third kappa shape index (κ3) is 1.66. The second kappa shape index (κ2) is 3.15. The van der Waals surface area contributed by atoms with E-state index in [9.17, 15) is 8.78 Å². The minimum atomic E-state index is -0.840. The Morgan fingerprint density at radius 3 is 2.45 bits per heavy atom. The first-order chi connectivity index (χ1) is 5.15. The third-order valence-electron chi connectivity index (χ3n) is 1.13. The molecule has 0 aliphatic carbocycles. The lowest BCUT2D eigenvalue weighted by Gasteiger charge is -2.01. The Labute approximate surface area is 69.9 Å². The summed E-state index contributed by atoms with van der Waals surface area (Å²) in [6, 6.07) is 1.77. The largest absolute Gasteiger partial charge is 0.291 e. The van der Waals surface area contributed by atoms with Gasteiger partial charge in [0.1, 0.15) is 5.82 Å². The van der Waals surface area contributed by atoms with Crippen molar-refractivity contribution < 1.29 is 14.0 Å². The predicted octanol–water partition coefficient (Wildman–Crippen LogP) is 2.53. The van der Waals surface area contributed by atoms with E-state index in [-0.39, 0.29) is 10.2 Å². The van der Waals surface area contributed by atoms with Crippen LogP contribution in [0.4, 0.5) is 14.5 Å². The molecule has 1 rings (SSSR count). The minimum Gasteiger partial charge on any atom is -0.291 e. The summed E-state index contributed by atoms with van der Waals surface area (Å²) in [4.78, 5) is 0. The summed E-state index contributed by atoms with van der Waals surface area (Å²) in [5.41, 5.74) is 1.42. The van der Waals surface area contributed by atoms with E-state index in [4.69, 9.17) is 5.21 Å². The van der Waals surface area contributed by atoms with E-state index in [2.05, 4.69) is 15.9 Å². The van der Waals surface area contributed by atoms with Crippen LogP contribution in [0.5, 0.6) is 0 Å². The fourth-order valence-corrected chi connectivity index (χ4v) is 0.952. The molecule has 0 aliphatic heterocycles. The number of hydrogen-bond acceptors (Lipinski definition) is 2. The van der Waals surface area contributed by atoms with E-state index in [1.165, 1.54) is 0 Å². The number of halogens is 3. The van der Waals surface area contributed by atoms with Gasteiger partial charge < -0.3 is 0 Å². The fourth-order valence-electron chi connectivity index (χ4n) is 0.608. The average molecular weight is 224 g/mol. The zero-order valence-corrected chi connectivity index (χ0v) is 6.82.